The van der Waals surface area contributed by atoms with Crippen molar-refractivity contribution in [1.82, 2.24) is 4.98 Å². The van der Waals surface area contributed by atoms with Gasteiger partial charge in [0.25, 0.3) is 0 Å². The molecule has 0 bridgehead atoms. The molecule has 6 heteroatoms. The zero-order valence-electron chi connectivity index (χ0n) is 13.6. The average molecular weight is 366 g/mol. The van der Waals surface area contributed by atoms with Crippen LogP contribution in [0.2, 0.25) is 10.0 Å². The van der Waals surface area contributed by atoms with Gasteiger partial charge < -0.3 is 10.6 Å². The summed E-state index contributed by atoms with van der Waals surface area (Å²) in [5.41, 5.74) is 1.75. The normalized spacial score (nSPS) is 10.5. The summed E-state index contributed by atoms with van der Waals surface area (Å²) >= 11 is 12.0. The molecule has 2 rings (SSSR count). The average Bonchev–Trinajstić information content (AvgIpc) is 2.56. The molecule has 0 aliphatic rings. The summed E-state index contributed by atoms with van der Waals surface area (Å²) in [7, 11) is 0. The van der Waals surface area contributed by atoms with Crippen LogP contribution in [0.1, 0.15) is 31.7 Å². The number of rotatable bonds is 8. The van der Waals surface area contributed by atoms with E-state index in [1.807, 2.05) is 24.3 Å². The number of hydrogen-bond donors (Lipinski definition) is 2. The smallest absolute Gasteiger partial charge is 0.224 e. The molecule has 2 N–H and O–H groups in total. The van der Waals surface area contributed by atoms with Gasteiger partial charge in [0, 0.05) is 23.0 Å². The quantitative estimate of drug-likeness (QED) is 0.678. The fourth-order valence-electron chi connectivity index (χ4n) is 2.18. The summed E-state index contributed by atoms with van der Waals surface area (Å²) in [5.74, 6) is 0.781. The molecule has 1 aromatic carbocycles. The van der Waals surface area contributed by atoms with E-state index in [0.29, 0.717) is 28.7 Å². The van der Waals surface area contributed by atoms with E-state index in [-0.39, 0.29) is 5.91 Å². The molecule has 0 spiro atoms. The van der Waals surface area contributed by atoms with Crippen LogP contribution in [0.25, 0.3) is 0 Å². The van der Waals surface area contributed by atoms with Crippen LogP contribution in [0.5, 0.6) is 0 Å². The summed E-state index contributed by atoms with van der Waals surface area (Å²) in [6, 6.07) is 9.19. The zero-order valence-corrected chi connectivity index (χ0v) is 15.1. The van der Waals surface area contributed by atoms with Crippen molar-refractivity contribution in [3.05, 3.63) is 52.1 Å². The second-order valence-corrected chi connectivity index (χ2v) is 6.34. The van der Waals surface area contributed by atoms with Gasteiger partial charge in [-0.05, 0) is 42.7 Å². The number of nitrogens with one attached hydrogen (secondary N) is 2. The molecule has 0 fully saturated rings. The number of unbranched alkanes of at least 4 members (excludes halogenated alkanes) is 1. The van der Waals surface area contributed by atoms with Crippen molar-refractivity contribution in [2.45, 2.75) is 32.6 Å². The molecular weight excluding hydrogens is 345 g/mol. The van der Waals surface area contributed by atoms with E-state index < -0.39 is 0 Å². The SMILES string of the molecule is CCCCC(=O)Nc1ccc(NCCc2ccc(Cl)cc2Cl)nc1. The van der Waals surface area contributed by atoms with Crippen LogP contribution in [0, 0.1) is 0 Å². The van der Waals surface area contributed by atoms with Crippen molar-refractivity contribution in [3.63, 3.8) is 0 Å². The van der Waals surface area contributed by atoms with Gasteiger partial charge in [0.15, 0.2) is 0 Å². The fourth-order valence-corrected chi connectivity index (χ4v) is 2.69. The van der Waals surface area contributed by atoms with E-state index in [4.69, 9.17) is 23.2 Å². The van der Waals surface area contributed by atoms with Crippen LogP contribution in [0.15, 0.2) is 36.5 Å². The molecule has 1 amide bonds. The Hall–Kier alpha value is -1.78. The lowest BCUT2D eigenvalue weighted by Gasteiger charge is -2.09. The Labute approximate surface area is 152 Å². The third-order valence-corrected chi connectivity index (χ3v) is 4.11. The summed E-state index contributed by atoms with van der Waals surface area (Å²) in [6.07, 6.45) is 4.87. The maximum Gasteiger partial charge on any atom is 0.224 e. The summed E-state index contributed by atoms with van der Waals surface area (Å²) < 4.78 is 0. The van der Waals surface area contributed by atoms with Crippen molar-refractivity contribution < 1.29 is 4.79 Å². The lowest BCUT2D eigenvalue weighted by atomic mass is 10.1. The molecule has 0 aliphatic carbocycles. The Kier molecular flexibility index (Phi) is 7.35. The Morgan fingerprint density at radius 1 is 1.21 bits per heavy atom. The third-order valence-electron chi connectivity index (χ3n) is 3.52. The van der Waals surface area contributed by atoms with Crippen LogP contribution in [-0.4, -0.2) is 17.4 Å². The van der Waals surface area contributed by atoms with Gasteiger partial charge in [-0.15, -0.1) is 0 Å². The van der Waals surface area contributed by atoms with Crippen molar-refractivity contribution in [2.75, 3.05) is 17.2 Å². The molecule has 128 valence electrons. The van der Waals surface area contributed by atoms with Crippen molar-refractivity contribution >= 4 is 40.6 Å². The topological polar surface area (TPSA) is 54.0 Å². The van der Waals surface area contributed by atoms with Crippen LogP contribution >= 0.6 is 23.2 Å². The number of carbonyl (C=O) groups excluding carboxylic acids is 1. The second-order valence-electron chi connectivity index (χ2n) is 5.50. The standard InChI is InChI=1S/C18H21Cl2N3O/c1-2-3-4-18(24)23-15-7-8-17(22-12-15)21-10-9-13-5-6-14(19)11-16(13)20/h5-8,11-12H,2-4,9-10H2,1H3,(H,21,22)(H,23,24). The molecule has 0 unspecified atom stereocenters. The molecule has 1 heterocycles. The van der Waals surface area contributed by atoms with Gasteiger partial charge in [0.1, 0.15) is 5.82 Å². The Morgan fingerprint density at radius 2 is 2.04 bits per heavy atom. The molecular formula is C18H21Cl2N3O. The van der Waals surface area contributed by atoms with Crippen molar-refractivity contribution in [2.24, 2.45) is 0 Å². The van der Waals surface area contributed by atoms with Gasteiger partial charge in [0.05, 0.1) is 11.9 Å². The lowest BCUT2D eigenvalue weighted by Crippen LogP contribution is -2.11. The number of amides is 1. The number of pyridine rings is 1. The molecule has 24 heavy (non-hydrogen) atoms. The maximum absolute atomic E-state index is 11.7. The van der Waals surface area contributed by atoms with Crippen LogP contribution in [0.4, 0.5) is 11.5 Å². The molecule has 0 radical (unpaired) electrons. The molecule has 0 saturated heterocycles. The number of nitrogens with zero attached hydrogens (tertiary/aromatic N) is 1. The second kappa shape index (κ2) is 9.50. The van der Waals surface area contributed by atoms with Crippen LogP contribution < -0.4 is 10.6 Å². The number of aromatic nitrogens is 1. The van der Waals surface area contributed by atoms with Gasteiger partial charge in [-0.3, -0.25) is 4.79 Å². The van der Waals surface area contributed by atoms with E-state index in [1.54, 1.807) is 12.3 Å². The third kappa shape index (κ3) is 6.02. The predicted octanol–water partition coefficient (Wildman–Crippen LogP) is 5.17. The van der Waals surface area contributed by atoms with Gasteiger partial charge >= 0.3 is 0 Å². The maximum atomic E-state index is 11.7. The van der Waals surface area contributed by atoms with Crippen molar-refractivity contribution in [1.29, 1.82) is 0 Å². The summed E-state index contributed by atoms with van der Waals surface area (Å²) in [6.45, 7) is 2.77. The van der Waals surface area contributed by atoms with Gasteiger partial charge in [-0.25, -0.2) is 4.98 Å². The Morgan fingerprint density at radius 3 is 2.71 bits per heavy atom. The first-order valence-corrected chi connectivity index (χ1v) is 8.77. The van der Waals surface area contributed by atoms with E-state index >= 15 is 0 Å². The minimum atomic E-state index is 0.0248. The highest BCUT2D eigenvalue weighted by molar-refractivity contribution is 6.35. The number of hydrogen-bond acceptors (Lipinski definition) is 3. The Bertz CT molecular complexity index is 674. The number of halogens is 2. The van der Waals surface area contributed by atoms with E-state index in [9.17, 15) is 4.79 Å². The molecule has 2 aromatic rings. The molecule has 1 aromatic heterocycles. The minimum absolute atomic E-state index is 0.0248. The first kappa shape index (κ1) is 18.6. The van der Waals surface area contributed by atoms with Gasteiger partial charge in [-0.1, -0.05) is 42.6 Å². The largest absolute Gasteiger partial charge is 0.370 e. The fraction of sp³-hybridized carbons (Fsp3) is 0.333. The first-order valence-electron chi connectivity index (χ1n) is 8.02. The van der Waals surface area contributed by atoms with E-state index in [1.165, 1.54) is 0 Å². The van der Waals surface area contributed by atoms with E-state index in [0.717, 1.165) is 30.6 Å². The van der Waals surface area contributed by atoms with E-state index in [2.05, 4.69) is 22.5 Å². The molecule has 0 saturated carbocycles. The number of carbonyl (C=O) groups is 1. The predicted molar refractivity (Wildman–Crippen MR) is 101 cm³/mol. The molecule has 0 aliphatic heterocycles. The first-order chi connectivity index (χ1) is 11.6. The van der Waals surface area contributed by atoms with Crippen LogP contribution in [-0.2, 0) is 11.2 Å². The van der Waals surface area contributed by atoms with Gasteiger partial charge in [0.2, 0.25) is 5.91 Å². The highest BCUT2D eigenvalue weighted by Crippen LogP contribution is 2.21. The zero-order chi connectivity index (χ0) is 17.4. The minimum Gasteiger partial charge on any atom is -0.370 e. The number of anilines is 2. The van der Waals surface area contributed by atoms with Crippen molar-refractivity contribution in [3.8, 4) is 0 Å². The highest BCUT2D eigenvalue weighted by atomic mass is 35.5. The Balaban J connectivity index is 1.80. The number of benzene rings is 1. The molecule has 4 nitrogen and oxygen atoms in total. The summed E-state index contributed by atoms with van der Waals surface area (Å²) in [5, 5.41) is 7.38. The van der Waals surface area contributed by atoms with Crippen LogP contribution in [0.3, 0.4) is 0 Å². The summed E-state index contributed by atoms with van der Waals surface area (Å²) in [4.78, 5) is 16.0. The lowest BCUT2D eigenvalue weighted by molar-refractivity contribution is -0.116. The monoisotopic (exact) mass is 365 g/mol. The molecule has 0 atom stereocenters. The van der Waals surface area contributed by atoms with Gasteiger partial charge in [-0.2, -0.15) is 0 Å². The highest BCUT2D eigenvalue weighted by Gasteiger charge is 2.03.